The van der Waals surface area contributed by atoms with Crippen molar-refractivity contribution >= 4 is 6.08 Å². The molecule has 0 saturated carbocycles. The maximum atomic E-state index is 10.3. The van der Waals surface area contributed by atoms with E-state index in [0.717, 1.165) is 24.0 Å². The molecule has 0 aromatic heterocycles. The van der Waals surface area contributed by atoms with Crippen LogP contribution in [0.4, 0.5) is 0 Å². The first kappa shape index (κ1) is 13.0. The predicted octanol–water partition coefficient (Wildman–Crippen LogP) is 3.67. The van der Waals surface area contributed by atoms with Gasteiger partial charge in [-0.2, -0.15) is 4.99 Å². The average Bonchev–Trinajstić information content (AvgIpc) is 2.37. The maximum absolute atomic E-state index is 10.3. The Morgan fingerprint density at radius 2 is 2.12 bits per heavy atom. The third kappa shape index (κ3) is 4.11. The van der Waals surface area contributed by atoms with E-state index in [1.54, 1.807) is 6.08 Å². The molecule has 88 valence electrons. The van der Waals surface area contributed by atoms with Crippen molar-refractivity contribution in [3.8, 4) is 0 Å². The van der Waals surface area contributed by atoms with Gasteiger partial charge in [0.25, 0.3) is 0 Å². The first-order valence-electron chi connectivity index (χ1n) is 5.48. The lowest BCUT2D eigenvalue weighted by Crippen LogP contribution is -1.95. The Balaban J connectivity index is 2.83. The van der Waals surface area contributed by atoms with Crippen molar-refractivity contribution in [3.05, 3.63) is 45.8 Å². The van der Waals surface area contributed by atoms with Crippen molar-refractivity contribution in [2.45, 2.75) is 32.4 Å². The van der Waals surface area contributed by atoms with Gasteiger partial charge in [-0.1, -0.05) is 42.7 Å². The van der Waals surface area contributed by atoms with Crippen LogP contribution in [0.2, 0.25) is 0 Å². The molecule has 1 aromatic rings. The third-order valence-electron chi connectivity index (χ3n) is 2.45. The molecule has 1 atom stereocenters. The Labute approximate surface area is 99.8 Å². The summed E-state index contributed by atoms with van der Waals surface area (Å²) in [6.45, 7) is 2.38. The Morgan fingerprint density at radius 1 is 1.41 bits per heavy atom. The zero-order valence-corrected chi connectivity index (χ0v) is 9.71. The molecule has 0 amide bonds. The standard InChI is InChI=1S/C12H14N4O/c1-2-3-12(14-9-17)11-6-4-10(5-7-11)8-15-16-13/h4-7,12H,2-3,8H2,1H3/t12-/m1/s1. The molecule has 0 saturated heterocycles. The number of isocyanates is 1. The molecule has 0 aliphatic carbocycles. The van der Waals surface area contributed by atoms with E-state index in [-0.39, 0.29) is 6.04 Å². The van der Waals surface area contributed by atoms with Crippen molar-refractivity contribution in [1.82, 2.24) is 0 Å². The van der Waals surface area contributed by atoms with Gasteiger partial charge in [0.1, 0.15) is 0 Å². The quantitative estimate of drug-likeness (QED) is 0.241. The van der Waals surface area contributed by atoms with Gasteiger partial charge < -0.3 is 0 Å². The summed E-state index contributed by atoms with van der Waals surface area (Å²) in [6.07, 6.45) is 3.39. The lowest BCUT2D eigenvalue weighted by Gasteiger charge is -2.09. The smallest absolute Gasteiger partial charge is 0.211 e. The van der Waals surface area contributed by atoms with Crippen molar-refractivity contribution in [1.29, 1.82) is 0 Å². The number of nitrogens with zero attached hydrogens (tertiary/aromatic N) is 4. The fourth-order valence-electron chi connectivity index (χ4n) is 1.60. The SMILES string of the molecule is CCC[C@@H](N=C=O)c1ccc(CN=[N+]=[N-])cc1. The second kappa shape index (κ2) is 7.23. The number of hydrogen-bond donors (Lipinski definition) is 0. The summed E-state index contributed by atoms with van der Waals surface area (Å²) in [5.74, 6) is 0. The van der Waals surface area contributed by atoms with Crippen LogP contribution < -0.4 is 0 Å². The summed E-state index contributed by atoms with van der Waals surface area (Å²) in [4.78, 5) is 16.8. The van der Waals surface area contributed by atoms with E-state index in [1.807, 2.05) is 31.2 Å². The van der Waals surface area contributed by atoms with Gasteiger partial charge in [0, 0.05) is 4.91 Å². The van der Waals surface area contributed by atoms with E-state index >= 15 is 0 Å². The second-order valence-corrected chi connectivity index (χ2v) is 3.66. The normalized spacial score (nSPS) is 11.1. The van der Waals surface area contributed by atoms with Crippen LogP contribution in [0.1, 0.15) is 36.9 Å². The average molecular weight is 230 g/mol. The van der Waals surface area contributed by atoms with E-state index in [0.29, 0.717) is 6.54 Å². The zero-order chi connectivity index (χ0) is 12.5. The van der Waals surface area contributed by atoms with Crippen LogP contribution in [0.25, 0.3) is 10.4 Å². The monoisotopic (exact) mass is 230 g/mol. The molecule has 17 heavy (non-hydrogen) atoms. The van der Waals surface area contributed by atoms with Crippen molar-refractivity contribution in [2.75, 3.05) is 0 Å². The lowest BCUT2D eigenvalue weighted by atomic mass is 10.0. The minimum atomic E-state index is -0.119. The van der Waals surface area contributed by atoms with Crippen LogP contribution in [0, 0.1) is 0 Å². The van der Waals surface area contributed by atoms with Crippen LogP contribution in [-0.4, -0.2) is 6.08 Å². The highest BCUT2D eigenvalue weighted by molar-refractivity contribution is 5.36. The van der Waals surface area contributed by atoms with Crippen LogP contribution in [0.15, 0.2) is 34.4 Å². The number of azide groups is 1. The first-order valence-corrected chi connectivity index (χ1v) is 5.48. The summed E-state index contributed by atoms with van der Waals surface area (Å²) in [7, 11) is 0. The van der Waals surface area contributed by atoms with Gasteiger partial charge in [-0.3, -0.25) is 0 Å². The Morgan fingerprint density at radius 3 is 2.65 bits per heavy atom. The lowest BCUT2D eigenvalue weighted by molar-refractivity contribution is 0.552. The van der Waals surface area contributed by atoms with E-state index in [1.165, 1.54) is 0 Å². The minimum Gasteiger partial charge on any atom is -0.211 e. The topological polar surface area (TPSA) is 78.2 Å². The van der Waals surface area contributed by atoms with Crippen LogP contribution in [0.5, 0.6) is 0 Å². The molecule has 0 radical (unpaired) electrons. The van der Waals surface area contributed by atoms with Crippen LogP contribution >= 0.6 is 0 Å². The van der Waals surface area contributed by atoms with Crippen molar-refractivity contribution in [3.63, 3.8) is 0 Å². The Kier molecular flexibility index (Phi) is 5.52. The van der Waals surface area contributed by atoms with E-state index in [9.17, 15) is 4.79 Å². The molecule has 0 aliphatic heterocycles. The predicted molar refractivity (Wildman–Crippen MR) is 65.1 cm³/mol. The highest BCUT2D eigenvalue weighted by atomic mass is 16.1. The van der Waals surface area contributed by atoms with E-state index < -0.39 is 0 Å². The van der Waals surface area contributed by atoms with E-state index in [2.05, 4.69) is 15.0 Å². The zero-order valence-electron chi connectivity index (χ0n) is 9.71. The van der Waals surface area contributed by atoms with Gasteiger partial charge in [0.05, 0.1) is 12.6 Å². The number of benzene rings is 1. The Hall–Kier alpha value is -2.09. The van der Waals surface area contributed by atoms with Gasteiger partial charge >= 0.3 is 0 Å². The number of rotatable bonds is 6. The van der Waals surface area contributed by atoms with Crippen LogP contribution in [0.3, 0.4) is 0 Å². The summed E-state index contributed by atoms with van der Waals surface area (Å²) < 4.78 is 0. The number of aliphatic imine (C=N–C) groups is 1. The summed E-state index contributed by atoms with van der Waals surface area (Å²) in [6, 6.07) is 7.46. The highest BCUT2D eigenvalue weighted by Crippen LogP contribution is 2.22. The minimum absolute atomic E-state index is 0.119. The summed E-state index contributed by atoms with van der Waals surface area (Å²) in [5, 5.41) is 3.48. The largest absolute Gasteiger partial charge is 0.235 e. The van der Waals surface area contributed by atoms with Crippen molar-refractivity contribution < 1.29 is 4.79 Å². The molecule has 0 unspecified atom stereocenters. The third-order valence-corrected chi connectivity index (χ3v) is 2.45. The molecule has 0 aliphatic rings. The summed E-state index contributed by atoms with van der Waals surface area (Å²) >= 11 is 0. The molecule has 5 nitrogen and oxygen atoms in total. The summed E-state index contributed by atoms with van der Waals surface area (Å²) in [5.41, 5.74) is 10.1. The van der Waals surface area contributed by atoms with Crippen LogP contribution in [-0.2, 0) is 11.3 Å². The number of carbonyl (C=O) groups excluding carboxylic acids is 1. The molecule has 0 fully saturated rings. The molecular formula is C12H14N4O. The first-order chi connectivity index (χ1) is 8.31. The van der Waals surface area contributed by atoms with Gasteiger partial charge in [0.15, 0.2) is 0 Å². The van der Waals surface area contributed by atoms with Gasteiger partial charge in [-0.25, -0.2) is 4.79 Å². The molecule has 0 N–H and O–H groups in total. The van der Waals surface area contributed by atoms with Crippen molar-refractivity contribution in [2.24, 2.45) is 10.1 Å². The highest BCUT2D eigenvalue weighted by Gasteiger charge is 2.08. The van der Waals surface area contributed by atoms with Gasteiger partial charge in [0.2, 0.25) is 6.08 Å². The number of hydrogen-bond acceptors (Lipinski definition) is 3. The van der Waals surface area contributed by atoms with Gasteiger partial charge in [-0.05, 0) is 23.1 Å². The molecule has 0 heterocycles. The van der Waals surface area contributed by atoms with Gasteiger partial charge in [-0.15, -0.1) is 0 Å². The Bertz CT molecular complexity index is 442. The molecular weight excluding hydrogens is 216 g/mol. The molecule has 5 heteroatoms. The molecule has 1 aromatic carbocycles. The molecule has 1 rings (SSSR count). The van der Waals surface area contributed by atoms with E-state index in [4.69, 9.17) is 5.53 Å². The maximum Gasteiger partial charge on any atom is 0.235 e. The second-order valence-electron chi connectivity index (χ2n) is 3.66. The molecule has 0 spiro atoms. The fourth-order valence-corrected chi connectivity index (χ4v) is 1.60. The molecule has 0 bridgehead atoms. The fraction of sp³-hybridized carbons (Fsp3) is 0.417.